The molecule has 1 aliphatic rings. The van der Waals surface area contributed by atoms with E-state index in [-0.39, 0.29) is 23.1 Å². The predicted molar refractivity (Wildman–Crippen MR) is 185 cm³/mol. The Morgan fingerprint density at radius 1 is 0.940 bits per heavy atom. The maximum atomic E-state index is 13.9. The van der Waals surface area contributed by atoms with E-state index in [2.05, 4.69) is 15.6 Å². The van der Waals surface area contributed by atoms with Crippen molar-refractivity contribution in [1.82, 2.24) is 20.1 Å². The van der Waals surface area contributed by atoms with Gasteiger partial charge >= 0.3 is 0 Å². The number of ether oxygens (including phenoxy) is 1. The average molecular weight is 704 g/mol. The quantitative estimate of drug-likeness (QED) is 0.127. The molecule has 0 saturated heterocycles. The van der Waals surface area contributed by atoms with Gasteiger partial charge < -0.3 is 26.2 Å². The molecule has 0 aliphatic heterocycles. The smallest absolute Gasteiger partial charge is 0.270 e. The Hall–Kier alpha value is -4.89. The van der Waals surface area contributed by atoms with Crippen molar-refractivity contribution in [2.45, 2.75) is 67.7 Å². The molecule has 3 aromatic carbocycles. The number of primary amides is 1. The molecule has 1 aliphatic carbocycles. The van der Waals surface area contributed by atoms with E-state index >= 15 is 0 Å². The third-order valence-electron chi connectivity index (χ3n) is 8.48. The third kappa shape index (κ3) is 9.41. The van der Waals surface area contributed by atoms with Gasteiger partial charge in [-0.3, -0.25) is 19.2 Å². The van der Waals surface area contributed by atoms with E-state index in [4.69, 9.17) is 15.3 Å². The van der Waals surface area contributed by atoms with Crippen LogP contribution < -0.4 is 21.1 Å². The summed E-state index contributed by atoms with van der Waals surface area (Å²) in [6.45, 7) is -0.531. The van der Waals surface area contributed by atoms with Crippen LogP contribution in [0.25, 0.3) is 10.9 Å². The molecule has 2 unspecified atom stereocenters. The summed E-state index contributed by atoms with van der Waals surface area (Å²) in [5, 5.41) is 17.8. The maximum Gasteiger partial charge on any atom is 0.270 e. The second kappa shape index (κ2) is 16.7. The first-order valence-electron chi connectivity index (χ1n) is 16.3. The number of fused-ring (bicyclic) bond motifs is 1. The number of benzene rings is 3. The first-order valence-corrected chi connectivity index (χ1v) is 17.8. The molecule has 1 saturated carbocycles. The number of nitrogens with one attached hydrogen (secondary N) is 2. The molecule has 5 N–H and O–H groups in total. The van der Waals surface area contributed by atoms with E-state index in [0.717, 1.165) is 28.3 Å². The van der Waals surface area contributed by atoms with Crippen LogP contribution in [0, 0.1) is 0 Å². The highest BCUT2D eigenvalue weighted by atomic mass is 32.2. The number of aliphatic hydroxyl groups excluding tert-OH is 1. The van der Waals surface area contributed by atoms with Crippen LogP contribution in [0.5, 0.6) is 5.75 Å². The molecule has 0 spiro atoms. The van der Waals surface area contributed by atoms with Crippen molar-refractivity contribution >= 4 is 38.6 Å². The number of aliphatic hydroxyl groups is 1. The number of sulfonamides is 1. The number of carbonyl (C=O) groups is 3. The fraction of sp³-hybridized carbons (Fsp3) is 0.333. The largest absolute Gasteiger partial charge is 0.497 e. The Morgan fingerprint density at radius 3 is 2.30 bits per heavy atom. The van der Waals surface area contributed by atoms with Crippen molar-refractivity contribution in [3.05, 3.63) is 102 Å². The van der Waals surface area contributed by atoms with Gasteiger partial charge in [0, 0.05) is 5.39 Å². The van der Waals surface area contributed by atoms with Crippen molar-refractivity contribution in [2.24, 2.45) is 5.73 Å². The summed E-state index contributed by atoms with van der Waals surface area (Å²) < 4.78 is 33.7. The van der Waals surface area contributed by atoms with Crippen LogP contribution >= 0.6 is 0 Å². The molecule has 13 nitrogen and oxygen atoms in total. The Bertz CT molecular complexity index is 1890. The van der Waals surface area contributed by atoms with Gasteiger partial charge in [0.15, 0.2) is 0 Å². The zero-order valence-electron chi connectivity index (χ0n) is 27.6. The van der Waals surface area contributed by atoms with Crippen molar-refractivity contribution in [1.29, 1.82) is 0 Å². The molecule has 3 amide bonds. The predicted octanol–water partition coefficient (Wildman–Crippen LogP) is 2.87. The van der Waals surface area contributed by atoms with Gasteiger partial charge in [0.2, 0.25) is 11.8 Å². The van der Waals surface area contributed by atoms with Gasteiger partial charge in [-0.15, -0.1) is 0 Å². The number of nitrogens with two attached hydrogens (primary N) is 1. The number of para-hydroxylation sites is 1. The van der Waals surface area contributed by atoms with Crippen molar-refractivity contribution in [3.8, 4) is 5.75 Å². The second-order valence-corrected chi connectivity index (χ2v) is 14.0. The van der Waals surface area contributed by atoms with E-state index in [1.54, 1.807) is 42.5 Å². The second-order valence-electron chi connectivity index (χ2n) is 12.1. The molecular weight excluding hydrogens is 662 g/mol. The van der Waals surface area contributed by atoms with Crippen LogP contribution in [-0.4, -0.2) is 78.6 Å². The molecule has 5 rings (SSSR count). The molecule has 50 heavy (non-hydrogen) atoms. The number of methoxy groups -OCH3 is 1. The minimum absolute atomic E-state index is 0.0234. The highest BCUT2D eigenvalue weighted by Crippen LogP contribution is 2.27. The molecule has 0 radical (unpaired) electrons. The molecule has 264 valence electrons. The SMILES string of the molecule is COc1ccc(S(=O)(=O)N(CC(O)C(Cc2ccccc2)NC(=O)[C@H](CC(N)=O)NC(=O)c2ccc3ccccc3n2)OC2CCCC2)cc1. The number of nitrogens with zero attached hydrogens (tertiary/aromatic N) is 2. The number of hydrogen-bond donors (Lipinski definition) is 4. The molecular formula is C36H41N5O8S. The number of aromatic nitrogens is 1. The van der Waals surface area contributed by atoms with Gasteiger partial charge in [0.25, 0.3) is 15.9 Å². The molecule has 1 fully saturated rings. The van der Waals surface area contributed by atoms with E-state index in [0.29, 0.717) is 24.1 Å². The fourth-order valence-electron chi connectivity index (χ4n) is 5.77. The lowest BCUT2D eigenvalue weighted by molar-refractivity contribution is -0.146. The average Bonchev–Trinajstić information content (AvgIpc) is 3.64. The summed E-state index contributed by atoms with van der Waals surface area (Å²) in [7, 11) is -2.81. The van der Waals surface area contributed by atoms with Crippen LogP contribution in [-0.2, 0) is 30.9 Å². The van der Waals surface area contributed by atoms with Crippen molar-refractivity contribution in [2.75, 3.05) is 13.7 Å². The number of hydroxylamine groups is 1. The van der Waals surface area contributed by atoms with Crippen LogP contribution in [0.4, 0.5) is 0 Å². The molecule has 14 heteroatoms. The Labute approximate surface area is 290 Å². The van der Waals surface area contributed by atoms with Crippen LogP contribution in [0.2, 0.25) is 0 Å². The summed E-state index contributed by atoms with van der Waals surface area (Å²) in [6.07, 6.45) is 0.706. The molecule has 3 atom stereocenters. The van der Waals surface area contributed by atoms with Crippen molar-refractivity contribution in [3.63, 3.8) is 0 Å². The number of amides is 3. The van der Waals surface area contributed by atoms with Crippen LogP contribution in [0.1, 0.15) is 48.2 Å². The van der Waals surface area contributed by atoms with Gasteiger partial charge in [0.05, 0.1) is 48.7 Å². The first kappa shape index (κ1) is 36.4. The zero-order chi connectivity index (χ0) is 35.7. The number of carbonyl (C=O) groups excluding carboxylic acids is 3. The van der Waals surface area contributed by atoms with E-state index < -0.39 is 58.9 Å². The van der Waals surface area contributed by atoms with E-state index in [1.807, 2.05) is 18.2 Å². The lowest BCUT2D eigenvalue weighted by Gasteiger charge is -2.31. The third-order valence-corrected chi connectivity index (χ3v) is 10.1. The summed E-state index contributed by atoms with van der Waals surface area (Å²) >= 11 is 0. The standard InChI is InChI=1S/C36H41N5O8S/c1-48-26-16-18-28(19-17-26)50(46,47)41(49-27-12-6-7-13-27)23-33(42)31(21-24-9-3-2-4-10-24)39-36(45)32(22-34(37)43)40-35(44)30-20-15-25-11-5-8-14-29(25)38-30/h2-5,8-11,14-20,27,31-33,42H,6-7,12-13,21-23H2,1H3,(H2,37,43)(H,39,45)(H,40,44)/t31?,32-,33?/m0/s1. The Morgan fingerprint density at radius 2 is 1.62 bits per heavy atom. The summed E-state index contributed by atoms with van der Waals surface area (Å²) in [5.74, 6) is -1.90. The molecule has 0 bridgehead atoms. The highest BCUT2D eigenvalue weighted by molar-refractivity contribution is 7.89. The van der Waals surface area contributed by atoms with Gasteiger partial charge in [-0.05, 0) is 61.2 Å². The lowest BCUT2D eigenvalue weighted by Crippen LogP contribution is -2.56. The normalized spacial score (nSPS) is 15.3. The van der Waals surface area contributed by atoms with Gasteiger partial charge in [0.1, 0.15) is 17.5 Å². The minimum Gasteiger partial charge on any atom is -0.497 e. The monoisotopic (exact) mass is 703 g/mol. The topological polar surface area (TPSA) is 190 Å². The summed E-state index contributed by atoms with van der Waals surface area (Å²) in [4.78, 5) is 49.3. The minimum atomic E-state index is -4.28. The fourth-order valence-corrected chi connectivity index (χ4v) is 7.07. The Balaban J connectivity index is 1.39. The molecule has 1 aromatic heterocycles. The van der Waals surface area contributed by atoms with E-state index in [9.17, 15) is 27.9 Å². The van der Waals surface area contributed by atoms with Crippen LogP contribution in [0.15, 0.2) is 95.9 Å². The van der Waals surface area contributed by atoms with Crippen LogP contribution in [0.3, 0.4) is 0 Å². The zero-order valence-corrected chi connectivity index (χ0v) is 28.4. The van der Waals surface area contributed by atoms with E-state index in [1.165, 1.54) is 37.4 Å². The van der Waals surface area contributed by atoms with Gasteiger partial charge in [-0.2, -0.15) is 0 Å². The summed E-state index contributed by atoms with van der Waals surface area (Å²) in [6, 6.07) is 22.7. The highest BCUT2D eigenvalue weighted by Gasteiger charge is 2.35. The maximum absolute atomic E-state index is 13.9. The van der Waals surface area contributed by atoms with Gasteiger partial charge in [-0.1, -0.05) is 71.9 Å². The molecule has 4 aromatic rings. The number of pyridine rings is 1. The van der Waals surface area contributed by atoms with Gasteiger partial charge in [-0.25, -0.2) is 13.4 Å². The van der Waals surface area contributed by atoms with Crippen molar-refractivity contribution < 1.29 is 37.5 Å². The number of hydrogen-bond acceptors (Lipinski definition) is 9. The number of rotatable bonds is 16. The first-order chi connectivity index (χ1) is 24.0. The Kier molecular flexibility index (Phi) is 12.1. The lowest BCUT2D eigenvalue weighted by atomic mass is 10.00. The summed E-state index contributed by atoms with van der Waals surface area (Å²) in [5.41, 5.74) is 6.79. The molecule has 1 heterocycles.